The summed E-state index contributed by atoms with van der Waals surface area (Å²) in [5, 5.41) is 11.0. The number of anilines is 1. The molecule has 1 aliphatic rings. The van der Waals surface area contributed by atoms with E-state index < -0.39 is 0 Å². The second kappa shape index (κ2) is 7.73. The molecule has 0 saturated carbocycles. The number of fused-ring (bicyclic) bond motifs is 1. The Balaban J connectivity index is 1.40. The number of amides is 1. The Morgan fingerprint density at radius 1 is 1.21 bits per heavy atom. The van der Waals surface area contributed by atoms with Crippen LogP contribution in [0.1, 0.15) is 10.4 Å². The summed E-state index contributed by atoms with van der Waals surface area (Å²) in [6, 6.07) is 12.2. The highest BCUT2D eigenvalue weighted by atomic mass is 32.2. The lowest BCUT2D eigenvalue weighted by Gasteiger charge is -2.18. The lowest BCUT2D eigenvalue weighted by atomic mass is 10.1. The SMILES string of the molecule is COc1ccc(-c2nnc(SCC(=O)c3ccc4c(c3)NC(=O)CO4)o2)cc1. The van der Waals surface area contributed by atoms with Gasteiger partial charge >= 0.3 is 0 Å². The molecule has 0 bridgehead atoms. The van der Waals surface area contributed by atoms with Gasteiger partial charge in [0.15, 0.2) is 12.4 Å². The number of methoxy groups -OCH3 is 1. The van der Waals surface area contributed by atoms with E-state index in [-0.39, 0.29) is 24.1 Å². The van der Waals surface area contributed by atoms with Gasteiger partial charge in [0.05, 0.1) is 18.6 Å². The third-order valence-corrected chi connectivity index (χ3v) is 4.82. The number of Topliss-reactive ketones (excluding diaryl/α,β-unsaturated/α-hetero) is 1. The zero-order valence-corrected chi connectivity index (χ0v) is 15.6. The van der Waals surface area contributed by atoms with Crippen LogP contribution in [-0.4, -0.2) is 41.4 Å². The minimum Gasteiger partial charge on any atom is -0.497 e. The van der Waals surface area contributed by atoms with Crippen molar-refractivity contribution in [3.63, 3.8) is 0 Å². The highest BCUT2D eigenvalue weighted by Crippen LogP contribution is 2.30. The van der Waals surface area contributed by atoms with E-state index in [1.54, 1.807) is 37.4 Å². The number of hydrogen-bond donors (Lipinski definition) is 1. The smallest absolute Gasteiger partial charge is 0.277 e. The molecular weight excluding hydrogens is 382 g/mol. The van der Waals surface area contributed by atoms with Crippen molar-refractivity contribution in [1.82, 2.24) is 10.2 Å². The van der Waals surface area contributed by atoms with Crippen LogP contribution in [0.4, 0.5) is 5.69 Å². The Morgan fingerprint density at radius 3 is 2.82 bits per heavy atom. The van der Waals surface area contributed by atoms with Crippen molar-refractivity contribution in [2.45, 2.75) is 5.22 Å². The Hall–Kier alpha value is -3.33. The van der Waals surface area contributed by atoms with Crippen molar-refractivity contribution in [2.75, 3.05) is 24.8 Å². The third kappa shape index (κ3) is 3.84. The number of nitrogens with zero attached hydrogens (tertiary/aromatic N) is 2. The fourth-order valence-electron chi connectivity index (χ4n) is 2.59. The second-order valence-corrected chi connectivity index (χ2v) is 6.79. The predicted octanol–water partition coefficient (Wildman–Crippen LogP) is 3.05. The van der Waals surface area contributed by atoms with Gasteiger partial charge in [0.1, 0.15) is 11.5 Å². The fraction of sp³-hybridized carbons (Fsp3) is 0.158. The van der Waals surface area contributed by atoms with E-state index in [1.807, 2.05) is 12.1 Å². The van der Waals surface area contributed by atoms with Crippen LogP contribution in [-0.2, 0) is 4.79 Å². The summed E-state index contributed by atoms with van der Waals surface area (Å²) in [6.45, 7) is -0.0240. The summed E-state index contributed by atoms with van der Waals surface area (Å²) in [4.78, 5) is 23.9. The number of ketones is 1. The first kappa shape index (κ1) is 18.1. The average molecular weight is 397 g/mol. The highest BCUT2D eigenvalue weighted by molar-refractivity contribution is 7.99. The third-order valence-electron chi connectivity index (χ3n) is 4.00. The predicted molar refractivity (Wildman–Crippen MR) is 102 cm³/mol. The number of carbonyl (C=O) groups is 2. The van der Waals surface area contributed by atoms with E-state index in [4.69, 9.17) is 13.9 Å². The lowest BCUT2D eigenvalue weighted by Crippen LogP contribution is -2.25. The molecule has 0 saturated heterocycles. The first-order valence-electron chi connectivity index (χ1n) is 8.33. The van der Waals surface area contributed by atoms with Gasteiger partial charge in [-0.1, -0.05) is 11.8 Å². The van der Waals surface area contributed by atoms with Crippen LogP contribution < -0.4 is 14.8 Å². The van der Waals surface area contributed by atoms with Crippen LogP contribution in [0, 0.1) is 0 Å². The van der Waals surface area contributed by atoms with Gasteiger partial charge in [-0.15, -0.1) is 10.2 Å². The van der Waals surface area contributed by atoms with Gasteiger partial charge in [-0.3, -0.25) is 9.59 Å². The maximum Gasteiger partial charge on any atom is 0.277 e. The summed E-state index contributed by atoms with van der Waals surface area (Å²) in [7, 11) is 1.59. The fourth-order valence-corrected chi connectivity index (χ4v) is 3.24. The molecule has 4 rings (SSSR count). The topological polar surface area (TPSA) is 104 Å². The number of carbonyl (C=O) groups excluding carboxylic acids is 2. The largest absolute Gasteiger partial charge is 0.497 e. The first-order chi connectivity index (χ1) is 13.6. The van der Waals surface area contributed by atoms with Crippen molar-refractivity contribution in [3.05, 3.63) is 48.0 Å². The van der Waals surface area contributed by atoms with Crippen LogP contribution in [0.15, 0.2) is 52.1 Å². The van der Waals surface area contributed by atoms with E-state index in [1.165, 1.54) is 0 Å². The molecule has 0 atom stereocenters. The summed E-state index contributed by atoms with van der Waals surface area (Å²) >= 11 is 1.15. The number of hydrogen-bond acceptors (Lipinski definition) is 8. The van der Waals surface area contributed by atoms with Gasteiger partial charge in [0, 0.05) is 11.1 Å². The standard InChI is InChI=1S/C19H15N3O5S/c1-25-13-5-2-11(3-6-13)18-21-22-19(27-18)28-10-15(23)12-4-7-16-14(8-12)20-17(24)9-26-16/h2-8H,9-10H2,1H3,(H,20,24). The van der Waals surface area contributed by atoms with Gasteiger partial charge in [0.2, 0.25) is 5.89 Å². The lowest BCUT2D eigenvalue weighted by molar-refractivity contribution is -0.118. The summed E-state index contributed by atoms with van der Waals surface area (Å²) in [6.07, 6.45) is 0. The average Bonchev–Trinajstić information content (AvgIpc) is 3.20. The number of thioether (sulfide) groups is 1. The molecule has 2 aromatic carbocycles. The molecule has 1 amide bonds. The van der Waals surface area contributed by atoms with E-state index in [0.717, 1.165) is 23.1 Å². The number of ether oxygens (including phenoxy) is 2. The van der Waals surface area contributed by atoms with Gasteiger partial charge in [-0.2, -0.15) is 0 Å². The minimum absolute atomic E-state index is 0.0240. The zero-order valence-electron chi connectivity index (χ0n) is 14.8. The number of rotatable bonds is 6. The number of nitrogens with one attached hydrogen (secondary N) is 1. The second-order valence-electron chi connectivity index (χ2n) is 5.86. The number of benzene rings is 2. The van der Waals surface area contributed by atoms with Crippen LogP contribution in [0.5, 0.6) is 11.5 Å². The van der Waals surface area contributed by atoms with Crippen molar-refractivity contribution in [3.8, 4) is 23.0 Å². The van der Waals surface area contributed by atoms with Gasteiger partial charge in [-0.25, -0.2) is 0 Å². The maximum atomic E-state index is 12.5. The van der Waals surface area contributed by atoms with Crippen LogP contribution in [0.2, 0.25) is 0 Å². The number of aromatic nitrogens is 2. The highest BCUT2D eigenvalue weighted by Gasteiger charge is 2.18. The van der Waals surface area contributed by atoms with Crippen molar-refractivity contribution < 1.29 is 23.5 Å². The molecule has 9 heteroatoms. The van der Waals surface area contributed by atoms with E-state index >= 15 is 0 Å². The van der Waals surface area contributed by atoms with Crippen LogP contribution in [0.25, 0.3) is 11.5 Å². The van der Waals surface area contributed by atoms with Crippen molar-refractivity contribution in [2.24, 2.45) is 0 Å². The van der Waals surface area contributed by atoms with Crippen molar-refractivity contribution >= 4 is 29.1 Å². The molecule has 2 heterocycles. The molecule has 1 aliphatic heterocycles. The molecule has 3 aromatic rings. The van der Waals surface area contributed by atoms with Gasteiger partial charge in [0.25, 0.3) is 11.1 Å². The zero-order chi connectivity index (χ0) is 19.5. The molecule has 1 aromatic heterocycles. The summed E-state index contributed by atoms with van der Waals surface area (Å²) in [5.74, 6) is 1.39. The molecule has 0 unspecified atom stereocenters. The van der Waals surface area contributed by atoms with E-state index in [9.17, 15) is 9.59 Å². The Kier molecular flexibility index (Phi) is 4.98. The van der Waals surface area contributed by atoms with Gasteiger partial charge < -0.3 is 19.2 Å². The van der Waals surface area contributed by atoms with Crippen molar-refractivity contribution in [1.29, 1.82) is 0 Å². The molecule has 0 spiro atoms. The molecular formula is C19H15N3O5S. The molecule has 0 radical (unpaired) electrons. The Labute approximate surface area is 164 Å². The van der Waals surface area contributed by atoms with E-state index in [0.29, 0.717) is 28.1 Å². The normalized spacial score (nSPS) is 12.7. The van der Waals surface area contributed by atoms with Crippen LogP contribution in [0.3, 0.4) is 0 Å². The van der Waals surface area contributed by atoms with Crippen LogP contribution >= 0.6 is 11.8 Å². The summed E-state index contributed by atoms with van der Waals surface area (Å²) in [5.41, 5.74) is 1.72. The maximum absolute atomic E-state index is 12.5. The molecule has 0 aliphatic carbocycles. The Bertz CT molecular complexity index is 1030. The molecule has 28 heavy (non-hydrogen) atoms. The summed E-state index contributed by atoms with van der Waals surface area (Å²) < 4.78 is 16.0. The molecule has 142 valence electrons. The molecule has 8 nitrogen and oxygen atoms in total. The minimum atomic E-state index is -0.247. The monoisotopic (exact) mass is 397 g/mol. The first-order valence-corrected chi connectivity index (χ1v) is 9.31. The van der Waals surface area contributed by atoms with E-state index in [2.05, 4.69) is 15.5 Å². The molecule has 0 fully saturated rings. The molecule has 1 N–H and O–H groups in total. The Morgan fingerprint density at radius 2 is 2.04 bits per heavy atom. The van der Waals surface area contributed by atoms with Gasteiger partial charge in [-0.05, 0) is 42.5 Å². The quantitative estimate of drug-likeness (QED) is 0.500.